The lowest BCUT2D eigenvalue weighted by Gasteiger charge is -2.22. The number of methoxy groups -OCH3 is 1. The number of nitrogens with zero attached hydrogens (tertiary/aromatic N) is 7. The second kappa shape index (κ2) is 15.9. The molecule has 0 radical (unpaired) electrons. The quantitative estimate of drug-likeness (QED) is 0.0305. The van der Waals surface area contributed by atoms with E-state index in [0.29, 0.717) is 0 Å². The highest BCUT2D eigenvalue weighted by Crippen LogP contribution is 2.67. The van der Waals surface area contributed by atoms with Crippen molar-refractivity contribution in [3.8, 4) is 0 Å². The number of aryl methyl sites for hydroxylation is 1. The maximum Gasteiger partial charge on any atom is 0.490 e. The summed E-state index contributed by atoms with van der Waals surface area (Å²) in [6.07, 6.45) is -8.20. The van der Waals surface area contributed by atoms with E-state index < -0.39 is 91.3 Å². The van der Waals surface area contributed by atoms with Crippen LogP contribution < -0.4 is 21.6 Å². The number of fused-ring (bicyclic) bond motifs is 2. The van der Waals surface area contributed by atoms with Gasteiger partial charge in [0.25, 0.3) is 11.5 Å². The number of ether oxygens (including phenoxy) is 4. The Bertz CT molecular complexity index is 2240. The van der Waals surface area contributed by atoms with Gasteiger partial charge in [-0.3, -0.25) is 28.0 Å². The number of nitrogens with two attached hydrogens (primary N) is 2. The number of phosphoric acid groups is 3. The second-order valence-electron chi connectivity index (χ2n) is 11.9. The number of nitrogen functional groups attached to an aromatic ring is 2. The highest BCUT2D eigenvalue weighted by molar-refractivity contribution is 7.66. The van der Waals surface area contributed by atoms with E-state index in [2.05, 4.69) is 38.1 Å². The summed E-state index contributed by atoms with van der Waals surface area (Å²) >= 11 is 0. The number of hydrogen-bond donors (Lipinski definition) is 9. The van der Waals surface area contributed by atoms with Crippen LogP contribution in [-0.4, -0.2) is 134 Å². The molecule has 2 aliphatic heterocycles. The van der Waals surface area contributed by atoms with Crippen LogP contribution in [0.25, 0.3) is 22.3 Å². The largest absolute Gasteiger partial charge is 0.490 e. The first-order valence-electron chi connectivity index (χ1n) is 15.7. The first-order chi connectivity index (χ1) is 25.8. The van der Waals surface area contributed by atoms with E-state index in [4.69, 9.17) is 34.9 Å². The van der Waals surface area contributed by atoms with Crippen molar-refractivity contribution in [2.45, 2.75) is 49.1 Å². The lowest BCUT2D eigenvalue weighted by molar-refractivity contribution is -0.745. The van der Waals surface area contributed by atoms with Crippen LogP contribution in [0.5, 0.6) is 0 Å². The van der Waals surface area contributed by atoms with Crippen LogP contribution in [-0.2, 0) is 57.4 Å². The summed E-state index contributed by atoms with van der Waals surface area (Å²) in [5.74, 6) is -0.225. The fourth-order valence-corrected chi connectivity index (χ4v) is 9.32. The third-order valence-electron chi connectivity index (χ3n) is 8.19. The summed E-state index contributed by atoms with van der Waals surface area (Å²) in [6, 6.07) is 0. The molecule has 2 saturated heterocycles. The van der Waals surface area contributed by atoms with Crippen molar-refractivity contribution >= 4 is 57.6 Å². The van der Waals surface area contributed by atoms with Gasteiger partial charge in [0.05, 0.1) is 39.8 Å². The molecule has 55 heavy (non-hydrogen) atoms. The van der Waals surface area contributed by atoms with Gasteiger partial charge in [-0.2, -0.15) is 8.62 Å². The lowest BCUT2D eigenvalue weighted by atomic mass is 10.1. The molecule has 0 aromatic carbocycles. The van der Waals surface area contributed by atoms with Gasteiger partial charge in [-0.1, -0.05) is 4.98 Å². The molecule has 5 unspecified atom stereocenters. The Balaban J connectivity index is 1.06. The van der Waals surface area contributed by atoms with E-state index in [1.807, 2.05) is 0 Å². The van der Waals surface area contributed by atoms with Gasteiger partial charge in [0.2, 0.25) is 11.7 Å². The minimum Gasteiger partial charge on any atom is -0.387 e. The predicted molar refractivity (Wildman–Crippen MR) is 177 cm³/mol. The molecule has 0 aliphatic carbocycles. The molecule has 2 fully saturated rings. The van der Waals surface area contributed by atoms with Crippen LogP contribution in [0.15, 0.2) is 23.8 Å². The average Bonchev–Trinajstić information content (AvgIpc) is 3.82. The van der Waals surface area contributed by atoms with Gasteiger partial charge in [0.1, 0.15) is 48.5 Å². The average molecular weight is 846 g/mol. The van der Waals surface area contributed by atoms with E-state index in [1.165, 1.54) is 35.9 Å². The van der Waals surface area contributed by atoms with Gasteiger partial charge in [0.15, 0.2) is 24.0 Å². The van der Waals surface area contributed by atoms with Crippen molar-refractivity contribution in [1.29, 1.82) is 0 Å². The molecule has 6 rings (SSSR count). The summed E-state index contributed by atoms with van der Waals surface area (Å²) in [4.78, 5) is 61.2. The van der Waals surface area contributed by atoms with Crippen molar-refractivity contribution in [2.24, 2.45) is 7.05 Å². The van der Waals surface area contributed by atoms with Crippen molar-refractivity contribution < 1.29 is 84.9 Å². The van der Waals surface area contributed by atoms with Crippen molar-refractivity contribution in [3.05, 3.63) is 29.3 Å². The Morgan fingerprint density at radius 2 is 1.58 bits per heavy atom. The van der Waals surface area contributed by atoms with Crippen LogP contribution in [0.3, 0.4) is 0 Å². The predicted octanol–water partition coefficient (Wildman–Crippen LogP) is -3.17. The molecule has 11 atom stereocenters. The number of rotatable bonds is 16. The Hall–Kier alpha value is -3.37. The number of aliphatic hydroxyl groups excluding tert-OH is 3. The number of aliphatic hydroxyl groups is 3. The number of hydrogen-bond acceptors (Lipinski definition) is 21. The molecule has 6 heterocycles. The lowest BCUT2D eigenvalue weighted by Crippen LogP contribution is -2.46. The van der Waals surface area contributed by atoms with Crippen LogP contribution in [0.2, 0.25) is 0 Å². The Morgan fingerprint density at radius 3 is 2.24 bits per heavy atom. The number of phosphoric ester groups is 2. The van der Waals surface area contributed by atoms with E-state index in [1.54, 1.807) is 0 Å². The number of nitrogens with one attached hydrogen (secondary N) is 1. The zero-order chi connectivity index (χ0) is 40.0. The van der Waals surface area contributed by atoms with Gasteiger partial charge in [-0.15, -0.1) is 0 Å². The Morgan fingerprint density at radius 1 is 0.927 bits per heavy atom. The molecule has 2 aliphatic rings. The van der Waals surface area contributed by atoms with E-state index in [-0.39, 0.29) is 47.3 Å². The van der Waals surface area contributed by atoms with Crippen LogP contribution in [0.1, 0.15) is 12.5 Å². The molecular formula is C24H36N10O18P3+. The Labute approximate surface area is 306 Å². The van der Waals surface area contributed by atoms with Gasteiger partial charge in [-0.05, 0) is 0 Å². The third kappa shape index (κ3) is 8.80. The summed E-state index contributed by atoms with van der Waals surface area (Å²) in [6.45, 7) is -1.96. The molecule has 0 amide bonds. The number of aromatic amines is 1. The van der Waals surface area contributed by atoms with Crippen molar-refractivity contribution in [3.63, 3.8) is 0 Å². The zero-order valence-electron chi connectivity index (χ0n) is 28.4. The van der Waals surface area contributed by atoms with Crippen LogP contribution in [0.4, 0.5) is 11.8 Å². The number of aromatic nitrogens is 8. The summed E-state index contributed by atoms with van der Waals surface area (Å²) in [5, 5.41) is 32.2. The van der Waals surface area contributed by atoms with E-state index in [9.17, 15) is 48.5 Å². The SMILES string of the molecule is COCCO[C@H]1C(O)[C@@H](COP(=O)(O)OP(=O)(O)OP(=O)(O)OC[C@H]2O[C@@H]([n+]3cn(C)c4c(=O)[nH]c(N)nc43)[C@@H](O)C2O)O[C@H]1n1cnc2c(N)ncnc21. The zero-order valence-corrected chi connectivity index (χ0v) is 31.1. The first kappa shape index (κ1) is 41.3. The molecule has 11 N–H and O–H groups in total. The Kier molecular flexibility index (Phi) is 11.9. The molecule has 28 nitrogen and oxygen atoms in total. The fraction of sp³-hybridized carbons (Fsp3) is 0.583. The maximum atomic E-state index is 12.7. The second-order valence-corrected chi connectivity index (χ2v) is 16.6. The van der Waals surface area contributed by atoms with Gasteiger partial charge in [-0.25, -0.2) is 33.2 Å². The van der Waals surface area contributed by atoms with Crippen LogP contribution in [0, 0.1) is 0 Å². The highest BCUT2D eigenvalue weighted by Gasteiger charge is 2.50. The standard InChI is InChI=1S/C24H35N10O18P3/c1-32-9-34(20-13(32)21(38)31-24(26)30-20)22-16(37)14(35)10(49-22)5-47-53(39,40)51-55(43,44)52-54(41,42)48-6-11-15(36)17(46-4-3-45-2)23(50-11)33-8-29-12-18(25)27-7-28-19(12)33/h7-11,14-17,22-23,35-37H,3-6H2,1-2H3,(H7-,25,26,27,28,30,31,38,39,40,41,42,43,44)/p+1/t10-,11-,14?,15?,16+,17+,22-,23-/m1/s1. The normalized spacial score (nSPS) is 29.1. The maximum absolute atomic E-state index is 12.7. The summed E-state index contributed by atoms with van der Waals surface area (Å²) < 4.78 is 81.4. The molecular weight excluding hydrogens is 809 g/mol. The molecule has 4 aromatic rings. The third-order valence-corrected chi connectivity index (χ3v) is 12.4. The molecule has 0 saturated carbocycles. The van der Waals surface area contributed by atoms with Crippen molar-refractivity contribution in [1.82, 2.24) is 34.1 Å². The fourth-order valence-electron chi connectivity index (χ4n) is 5.79. The number of anilines is 2. The number of H-pyrrole nitrogens is 1. The van der Waals surface area contributed by atoms with Crippen LogP contribution >= 0.6 is 23.5 Å². The summed E-state index contributed by atoms with van der Waals surface area (Å²) in [7, 11) is -14.4. The first-order valence-corrected chi connectivity index (χ1v) is 20.1. The van der Waals surface area contributed by atoms with E-state index in [0.717, 1.165) is 10.9 Å². The van der Waals surface area contributed by atoms with Gasteiger partial charge < -0.3 is 60.4 Å². The monoisotopic (exact) mass is 845 g/mol. The molecule has 4 aromatic heterocycles. The van der Waals surface area contributed by atoms with Crippen molar-refractivity contribution in [2.75, 3.05) is 45.0 Å². The molecule has 31 heteroatoms. The van der Waals surface area contributed by atoms with Gasteiger partial charge in [0, 0.05) is 7.11 Å². The highest BCUT2D eigenvalue weighted by atomic mass is 31.3. The molecule has 304 valence electrons. The van der Waals surface area contributed by atoms with Gasteiger partial charge >= 0.3 is 29.1 Å². The smallest absolute Gasteiger partial charge is 0.387 e. The minimum absolute atomic E-state index is 0.0216. The summed E-state index contributed by atoms with van der Waals surface area (Å²) in [5.41, 5.74) is 11.2. The number of imidazole rings is 2. The molecule has 0 spiro atoms. The minimum atomic E-state index is -5.98. The topological polar surface area (TPSA) is 397 Å². The molecule has 0 bridgehead atoms. The van der Waals surface area contributed by atoms with E-state index >= 15 is 0 Å².